The lowest BCUT2D eigenvalue weighted by atomic mass is 10.1. The Kier molecular flexibility index (Phi) is 4.57. The number of fused-ring (bicyclic) bond motifs is 1. The molecule has 0 N–H and O–H groups in total. The smallest absolute Gasteiger partial charge is 0.274 e. The monoisotopic (exact) mass is 338 g/mol. The molecule has 5 heteroatoms. The van der Waals surface area contributed by atoms with E-state index in [4.69, 9.17) is 4.98 Å². The van der Waals surface area contributed by atoms with E-state index in [1.807, 2.05) is 17.2 Å². The quantitative estimate of drug-likeness (QED) is 0.863. The lowest BCUT2D eigenvalue weighted by Gasteiger charge is -2.33. The van der Waals surface area contributed by atoms with Crippen LogP contribution in [0.5, 0.6) is 0 Å². The molecule has 0 bridgehead atoms. The molecule has 1 saturated heterocycles. The van der Waals surface area contributed by atoms with Gasteiger partial charge in [-0.3, -0.25) is 9.69 Å². The molecule has 1 fully saturated rings. The fourth-order valence-corrected chi connectivity index (χ4v) is 3.93. The summed E-state index contributed by atoms with van der Waals surface area (Å²) in [6, 6.07) is 10.8. The van der Waals surface area contributed by atoms with Crippen LogP contribution < -0.4 is 0 Å². The Morgan fingerprint density at radius 3 is 2.60 bits per heavy atom. The largest absolute Gasteiger partial charge is 0.337 e. The van der Waals surface area contributed by atoms with Crippen molar-refractivity contribution in [2.75, 3.05) is 19.6 Å². The zero-order valence-electron chi connectivity index (χ0n) is 14.9. The highest BCUT2D eigenvalue weighted by Gasteiger charge is 2.29. The summed E-state index contributed by atoms with van der Waals surface area (Å²) in [6.07, 6.45) is 5.42. The summed E-state index contributed by atoms with van der Waals surface area (Å²) >= 11 is 0. The summed E-state index contributed by atoms with van der Waals surface area (Å²) in [5, 5.41) is 0. The first-order valence-electron chi connectivity index (χ1n) is 9.37. The van der Waals surface area contributed by atoms with E-state index in [1.54, 1.807) is 0 Å². The minimum absolute atomic E-state index is 0.100. The van der Waals surface area contributed by atoms with E-state index in [2.05, 4.69) is 40.7 Å². The van der Waals surface area contributed by atoms with Crippen LogP contribution in [0, 0.1) is 0 Å². The van der Waals surface area contributed by atoms with Crippen LogP contribution in [0.4, 0.5) is 0 Å². The molecular formula is C20H26N4O. The van der Waals surface area contributed by atoms with Gasteiger partial charge in [-0.25, -0.2) is 4.98 Å². The van der Waals surface area contributed by atoms with Gasteiger partial charge in [0.05, 0.1) is 6.04 Å². The first kappa shape index (κ1) is 16.3. The molecule has 0 aliphatic carbocycles. The number of carbonyl (C=O) groups is 1. The summed E-state index contributed by atoms with van der Waals surface area (Å²) in [5.41, 5.74) is 1.93. The molecule has 2 aliphatic heterocycles. The van der Waals surface area contributed by atoms with Crippen molar-refractivity contribution in [2.45, 2.75) is 45.3 Å². The van der Waals surface area contributed by atoms with Gasteiger partial charge in [-0.15, -0.1) is 0 Å². The molecule has 1 atom stereocenters. The molecule has 1 aromatic heterocycles. The molecular weight excluding hydrogens is 312 g/mol. The van der Waals surface area contributed by atoms with Gasteiger partial charge in [-0.05, 0) is 31.7 Å². The van der Waals surface area contributed by atoms with Crippen LogP contribution in [0.3, 0.4) is 0 Å². The van der Waals surface area contributed by atoms with Gasteiger partial charge in [0.25, 0.3) is 5.91 Å². The van der Waals surface area contributed by atoms with Crippen molar-refractivity contribution in [1.82, 2.24) is 19.4 Å². The van der Waals surface area contributed by atoms with Gasteiger partial charge >= 0.3 is 0 Å². The molecule has 5 nitrogen and oxygen atoms in total. The summed E-state index contributed by atoms with van der Waals surface area (Å²) in [7, 11) is 0. The number of hydrogen-bond donors (Lipinski definition) is 0. The number of piperidine rings is 1. The zero-order chi connectivity index (χ0) is 17.2. The van der Waals surface area contributed by atoms with E-state index in [1.165, 1.54) is 12.0 Å². The number of rotatable bonds is 3. The lowest BCUT2D eigenvalue weighted by Crippen LogP contribution is -2.36. The fourth-order valence-electron chi connectivity index (χ4n) is 3.93. The van der Waals surface area contributed by atoms with Crippen molar-refractivity contribution < 1.29 is 4.79 Å². The summed E-state index contributed by atoms with van der Waals surface area (Å²) in [6.45, 7) is 6.73. The number of hydrogen-bond acceptors (Lipinski definition) is 3. The minimum Gasteiger partial charge on any atom is -0.337 e. The molecule has 3 heterocycles. The van der Waals surface area contributed by atoms with Crippen LogP contribution in [-0.2, 0) is 13.1 Å². The molecule has 1 amide bonds. The number of carbonyl (C=O) groups excluding carboxylic acids is 1. The van der Waals surface area contributed by atoms with E-state index in [0.29, 0.717) is 5.69 Å². The highest BCUT2D eigenvalue weighted by atomic mass is 16.2. The average Bonchev–Trinajstić information content (AvgIpc) is 3.10. The molecule has 1 aromatic carbocycles. The Balaban J connectivity index is 1.50. The molecule has 2 aliphatic rings. The Bertz CT molecular complexity index is 733. The average molecular weight is 338 g/mol. The van der Waals surface area contributed by atoms with E-state index >= 15 is 0 Å². The fraction of sp³-hybridized carbons (Fsp3) is 0.500. The van der Waals surface area contributed by atoms with Crippen LogP contribution >= 0.6 is 0 Å². The molecule has 25 heavy (non-hydrogen) atoms. The first-order chi connectivity index (χ1) is 12.2. The van der Waals surface area contributed by atoms with Gasteiger partial charge in [0.1, 0.15) is 11.5 Å². The van der Waals surface area contributed by atoms with Crippen molar-refractivity contribution in [2.24, 2.45) is 0 Å². The van der Waals surface area contributed by atoms with E-state index in [9.17, 15) is 4.79 Å². The van der Waals surface area contributed by atoms with Crippen LogP contribution in [0.2, 0.25) is 0 Å². The molecule has 0 radical (unpaired) electrons. The van der Waals surface area contributed by atoms with E-state index in [-0.39, 0.29) is 11.9 Å². The Labute approximate surface area is 149 Å². The SMILES string of the molecule is C[C@H]1c2nc(C(=O)N3CCCCC3)cn2CCN1Cc1ccccc1. The van der Waals surface area contributed by atoms with Gasteiger partial charge < -0.3 is 9.47 Å². The molecule has 0 spiro atoms. The molecule has 0 unspecified atom stereocenters. The normalized spacial score (nSPS) is 21.2. The molecule has 0 saturated carbocycles. The second kappa shape index (κ2) is 7.00. The molecule has 2 aromatic rings. The third-order valence-corrected chi connectivity index (χ3v) is 5.45. The maximum atomic E-state index is 12.7. The van der Waals surface area contributed by atoms with Crippen LogP contribution in [0.15, 0.2) is 36.5 Å². The summed E-state index contributed by atoms with van der Waals surface area (Å²) in [4.78, 5) is 21.9. The van der Waals surface area contributed by atoms with E-state index in [0.717, 1.165) is 51.4 Å². The summed E-state index contributed by atoms with van der Waals surface area (Å²) < 4.78 is 2.17. The molecule has 4 rings (SSSR count). The highest BCUT2D eigenvalue weighted by molar-refractivity contribution is 5.92. The third-order valence-electron chi connectivity index (χ3n) is 5.45. The van der Waals surface area contributed by atoms with Crippen molar-refractivity contribution >= 4 is 5.91 Å². The first-order valence-corrected chi connectivity index (χ1v) is 9.37. The van der Waals surface area contributed by atoms with Gasteiger partial charge in [0, 0.05) is 38.9 Å². The Morgan fingerprint density at radius 2 is 1.84 bits per heavy atom. The van der Waals surface area contributed by atoms with Crippen LogP contribution in [-0.4, -0.2) is 44.9 Å². The standard InChI is InChI=1S/C20H26N4O/c1-16-19-21-18(20(25)22-10-6-3-7-11-22)15-24(19)13-12-23(16)14-17-8-4-2-5-9-17/h2,4-5,8-9,15-16H,3,6-7,10-14H2,1H3/t16-/m0/s1. The predicted octanol–water partition coefficient (Wildman–Crippen LogP) is 3.09. The topological polar surface area (TPSA) is 41.4 Å². The second-order valence-electron chi connectivity index (χ2n) is 7.16. The zero-order valence-corrected chi connectivity index (χ0v) is 14.9. The molecule has 132 valence electrons. The van der Waals surface area contributed by atoms with Crippen LogP contribution in [0.25, 0.3) is 0 Å². The number of likely N-dealkylation sites (tertiary alicyclic amines) is 1. The van der Waals surface area contributed by atoms with Crippen molar-refractivity contribution in [1.29, 1.82) is 0 Å². The van der Waals surface area contributed by atoms with Gasteiger partial charge in [-0.1, -0.05) is 30.3 Å². The summed E-state index contributed by atoms with van der Waals surface area (Å²) in [5.74, 6) is 1.12. The van der Waals surface area contributed by atoms with Crippen LogP contribution in [0.1, 0.15) is 54.1 Å². The Morgan fingerprint density at radius 1 is 1.08 bits per heavy atom. The van der Waals surface area contributed by atoms with E-state index < -0.39 is 0 Å². The lowest BCUT2D eigenvalue weighted by molar-refractivity contribution is 0.0718. The number of benzene rings is 1. The highest BCUT2D eigenvalue weighted by Crippen LogP contribution is 2.26. The maximum Gasteiger partial charge on any atom is 0.274 e. The van der Waals surface area contributed by atoms with Gasteiger partial charge in [0.2, 0.25) is 0 Å². The van der Waals surface area contributed by atoms with Gasteiger partial charge in [-0.2, -0.15) is 0 Å². The van der Waals surface area contributed by atoms with Crippen molar-refractivity contribution in [3.8, 4) is 0 Å². The number of aromatic nitrogens is 2. The van der Waals surface area contributed by atoms with Crippen molar-refractivity contribution in [3.63, 3.8) is 0 Å². The number of nitrogens with zero attached hydrogens (tertiary/aromatic N) is 4. The predicted molar refractivity (Wildman–Crippen MR) is 97.2 cm³/mol. The van der Waals surface area contributed by atoms with Crippen molar-refractivity contribution in [3.05, 3.63) is 53.6 Å². The maximum absolute atomic E-state index is 12.7. The third kappa shape index (κ3) is 3.33. The minimum atomic E-state index is 0.100. The number of amides is 1. The number of imidazole rings is 1. The second-order valence-corrected chi connectivity index (χ2v) is 7.16. The van der Waals surface area contributed by atoms with Gasteiger partial charge in [0.15, 0.2) is 0 Å². The Hall–Kier alpha value is -2.14.